The first-order valence-corrected chi connectivity index (χ1v) is 23.7. The number of likely N-dealkylation sites (tertiary alicyclic amines) is 1. The van der Waals surface area contributed by atoms with Gasteiger partial charge in [-0.1, -0.05) is 79.9 Å². The summed E-state index contributed by atoms with van der Waals surface area (Å²) in [4.78, 5) is 88.4. The Hall–Kier alpha value is -4.81. The number of unbranched alkanes of at least 4 members (excludes halogenated alkanes) is 1. The van der Waals surface area contributed by atoms with Crippen LogP contribution in [-0.2, 0) is 39.8 Å². The van der Waals surface area contributed by atoms with Crippen LogP contribution in [0.4, 0.5) is 4.79 Å². The number of aromatic nitrogens is 1. The number of amides is 5. The highest BCUT2D eigenvalue weighted by atomic mass is 32.1. The van der Waals surface area contributed by atoms with Crippen molar-refractivity contribution in [2.75, 3.05) is 33.5 Å². The molecule has 5 N–H and O–H groups in total. The standard InChI is InChI=1S/C46H73N7O10S/c1-10-13-23-61-28-53(45(59)40(30(6)12-3)49-43(58)37-16-14-15-21-52(37)9)38(29(4)5)26-39(63-32(8)54)44-48-36(27-64-44)42(57)47-34(25-33-17-19-35(55)20-18-33)24-31(7)41(56)50-51-46(60)62-22-11-2/h17-20,27,29-31,34,37-40,55H,10-16,21-26,28H2,1-9H3,(H,47,57)(H,49,58)(H,50,56)(H,51,60)/t30-,31-,34+,37+,38+,39+,40-/m0/s1. The van der Waals surface area contributed by atoms with Crippen LogP contribution in [0.3, 0.4) is 0 Å². The Morgan fingerprint density at radius 1 is 0.953 bits per heavy atom. The topological polar surface area (TPSA) is 218 Å². The molecule has 1 saturated heterocycles. The lowest BCUT2D eigenvalue weighted by molar-refractivity contribution is -0.153. The SMILES string of the molecule is CCCCOCN(C(=O)[C@@H](NC(=O)[C@H]1CCCCN1C)[C@@H](C)CC)[C@H](C[C@@H](OC(C)=O)c1nc(C(=O)N[C@@H](Cc2ccc(O)cc2)C[C@H](C)C(=O)NNC(=O)OCCC)cs1)C(C)C. The van der Waals surface area contributed by atoms with Gasteiger partial charge in [0.1, 0.15) is 29.2 Å². The van der Waals surface area contributed by atoms with Crippen LogP contribution < -0.4 is 21.5 Å². The lowest BCUT2D eigenvalue weighted by Gasteiger charge is -2.40. The fraction of sp³-hybridized carbons (Fsp3) is 0.674. The number of likely N-dealkylation sites (N-methyl/N-ethyl adjacent to an activating group) is 1. The highest BCUT2D eigenvalue weighted by molar-refractivity contribution is 7.09. The van der Waals surface area contributed by atoms with E-state index in [2.05, 4.69) is 33.4 Å². The Morgan fingerprint density at radius 3 is 2.30 bits per heavy atom. The van der Waals surface area contributed by atoms with Gasteiger partial charge < -0.3 is 34.9 Å². The molecule has 1 aliphatic rings. The number of piperidine rings is 1. The van der Waals surface area contributed by atoms with Crippen molar-refractivity contribution < 1.29 is 48.1 Å². The number of nitrogens with zero attached hydrogens (tertiary/aromatic N) is 3. The van der Waals surface area contributed by atoms with Crippen molar-refractivity contribution >= 4 is 47.0 Å². The van der Waals surface area contributed by atoms with E-state index >= 15 is 0 Å². The van der Waals surface area contributed by atoms with Gasteiger partial charge in [0.2, 0.25) is 17.7 Å². The quantitative estimate of drug-likeness (QED) is 0.0335. The van der Waals surface area contributed by atoms with Gasteiger partial charge in [0, 0.05) is 43.3 Å². The monoisotopic (exact) mass is 916 g/mol. The van der Waals surface area contributed by atoms with E-state index in [4.69, 9.17) is 14.2 Å². The minimum absolute atomic E-state index is 0.0377. The summed E-state index contributed by atoms with van der Waals surface area (Å²) in [7, 11) is 1.93. The van der Waals surface area contributed by atoms with Crippen LogP contribution in [0, 0.1) is 17.8 Å². The molecular weight excluding hydrogens is 843 g/mol. The number of ether oxygens (including phenoxy) is 3. The second-order valence-corrected chi connectivity index (χ2v) is 18.1. The molecule has 3 rings (SSSR count). The molecule has 1 aromatic carbocycles. The first kappa shape index (κ1) is 53.5. The molecule has 7 atom stereocenters. The van der Waals surface area contributed by atoms with Crippen molar-refractivity contribution in [1.82, 2.24) is 36.3 Å². The zero-order chi connectivity index (χ0) is 47.3. The van der Waals surface area contributed by atoms with E-state index in [9.17, 15) is 33.9 Å². The third-order valence-electron chi connectivity index (χ3n) is 11.5. The Kier molecular flexibility index (Phi) is 23.0. The Labute approximate surface area is 383 Å². The van der Waals surface area contributed by atoms with Crippen molar-refractivity contribution in [2.45, 2.75) is 150 Å². The average Bonchev–Trinajstić information content (AvgIpc) is 3.76. The van der Waals surface area contributed by atoms with Crippen LogP contribution in [0.1, 0.15) is 140 Å². The number of aromatic hydroxyl groups is 1. The summed E-state index contributed by atoms with van der Waals surface area (Å²) in [6.07, 6.45) is 4.50. The maximum absolute atomic E-state index is 14.8. The van der Waals surface area contributed by atoms with Gasteiger partial charge in [-0.15, -0.1) is 11.3 Å². The van der Waals surface area contributed by atoms with Gasteiger partial charge >= 0.3 is 12.1 Å². The fourth-order valence-corrected chi connectivity index (χ4v) is 8.38. The summed E-state index contributed by atoms with van der Waals surface area (Å²) in [6, 6.07) is 4.23. The molecule has 2 heterocycles. The van der Waals surface area contributed by atoms with E-state index in [-0.39, 0.29) is 67.3 Å². The summed E-state index contributed by atoms with van der Waals surface area (Å²) < 4.78 is 17.0. The van der Waals surface area contributed by atoms with Crippen LogP contribution in [-0.4, -0.2) is 113 Å². The van der Waals surface area contributed by atoms with Gasteiger partial charge in [-0.2, -0.15) is 0 Å². The zero-order valence-corrected chi connectivity index (χ0v) is 40.1. The molecule has 64 heavy (non-hydrogen) atoms. The van der Waals surface area contributed by atoms with Crippen LogP contribution in [0.2, 0.25) is 0 Å². The predicted octanol–water partition coefficient (Wildman–Crippen LogP) is 6.02. The molecule has 5 amide bonds. The highest BCUT2D eigenvalue weighted by Crippen LogP contribution is 2.32. The number of phenols is 1. The van der Waals surface area contributed by atoms with Gasteiger partial charge in [0.15, 0.2) is 6.10 Å². The van der Waals surface area contributed by atoms with Crippen LogP contribution >= 0.6 is 11.3 Å². The van der Waals surface area contributed by atoms with Gasteiger partial charge in [-0.3, -0.25) is 34.3 Å². The van der Waals surface area contributed by atoms with E-state index in [0.29, 0.717) is 37.3 Å². The van der Waals surface area contributed by atoms with E-state index in [1.54, 1.807) is 29.3 Å². The molecule has 0 radical (unpaired) electrons. The fourth-order valence-electron chi connectivity index (χ4n) is 7.54. The van der Waals surface area contributed by atoms with Crippen molar-refractivity contribution in [1.29, 1.82) is 0 Å². The molecule has 0 bridgehead atoms. The third-order valence-corrected chi connectivity index (χ3v) is 12.5. The second kappa shape index (κ2) is 27.5. The van der Waals surface area contributed by atoms with Gasteiger partial charge in [0.05, 0.1) is 12.6 Å². The maximum Gasteiger partial charge on any atom is 0.426 e. The molecule has 2 aromatic rings. The molecule has 0 saturated carbocycles. The smallest absolute Gasteiger partial charge is 0.426 e. The maximum atomic E-state index is 14.8. The van der Waals surface area contributed by atoms with Gasteiger partial charge in [-0.25, -0.2) is 15.2 Å². The van der Waals surface area contributed by atoms with Crippen molar-refractivity contribution in [2.24, 2.45) is 17.8 Å². The zero-order valence-electron chi connectivity index (χ0n) is 39.3. The number of hydrogen-bond donors (Lipinski definition) is 5. The van der Waals surface area contributed by atoms with Crippen LogP contribution in [0.25, 0.3) is 0 Å². The summed E-state index contributed by atoms with van der Waals surface area (Å²) in [5.41, 5.74) is 5.45. The number of carbonyl (C=O) groups excluding carboxylic acids is 6. The average molecular weight is 916 g/mol. The molecule has 1 fully saturated rings. The van der Waals surface area contributed by atoms with Gasteiger partial charge in [0.25, 0.3) is 5.91 Å². The summed E-state index contributed by atoms with van der Waals surface area (Å²) >= 11 is 1.14. The number of hydrogen-bond acceptors (Lipinski definition) is 13. The van der Waals surface area contributed by atoms with E-state index < -0.39 is 54.0 Å². The number of rotatable bonds is 25. The van der Waals surface area contributed by atoms with E-state index in [0.717, 1.165) is 49.1 Å². The summed E-state index contributed by atoms with van der Waals surface area (Å²) in [5, 5.41) is 17.9. The highest BCUT2D eigenvalue weighted by Gasteiger charge is 2.39. The summed E-state index contributed by atoms with van der Waals surface area (Å²) in [6.45, 7) is 16.1. The number of nitrogens with one attached hydrogen (secondary N) is 4. The second-order valence-electron chi connectivity index (χ2n) is 17.2. The number of phenolic OH excluding ortho intramolecular Hbond substituents is 1. The number of carbonyl (C=O) groups is 6. The minimum Gasteiger partial charge on any atom is -0.508 e. The molecule has 0 spiro atoms. The molecule has 0 unspecified atom stereocenters. The Balaban J connectivity index is 1.90. The molecule has 17 nitrogen and oxygen atoms in total. The molecule has 1 aliphatic heterocycles. The Morgan fingerprint density at radius 2 is 1.67 bits per heavy atom. The number of esters is 1. The van der Waals surface area contributed by atoms with E-state index in [1.165, 1.54) is 19.1 Å². The van der Waals surface area contributed by atoms with Crippen LogP contribution in [0.15, 0.2) is 29.6 Å². The summed E-state index contributed by atoms with van der Waals surface area (Å²) in [5.74, 6) is -2.99. The first-order chi connectivity index (χ1) is 30.5. The van der Waals surface area contributed by atoms with Crippen molar-refractivity contribution in [3.8, 4) is 5.75 Å². The minimum atomic E-state index is -0.942. The first-order valence-electron chi connectivity index (χ1n) is 22.8. The lowest BCUT2D eigenvalue weighted by Crippen LogP contribution is -2.59. The molecule has 0 aliphatic carbocycles. The molecule has 1 aromatic heterocycles. The molecule has 18 heteroatoms. The number of thiazole rings is 1. The van der Waals surface area contributed by atoms with E-state index in [1.807, 2.05) is 46.6 Å². The predicted molar refractivity (Wildman–Crippen MR) is 244 cm³/mol. The largest absolute Gasteiger partial charge is 0.508 e. The normalized spacial score (nSPS) is 16.9. The van der Waals surface area contributed by atoms with Crippen molar-refractivity contribution in [3.05, 3.63) is 45.9 Å². The lowest BCUT2D eigenvalue weighted by atomic mass is 9.92. The number of benzene rings is 1. The van der Waals surface area contributed by atoms with Crippen molar-refractivity contribution in [3.63, 3.8) is 0 Å². The third kappa shape index (κ3) is 17.3. The van der Waals surface area contributed by atoms with Gasteiger partial charge in [-0.05, 0) is 81.6 Å². The van der Waals surface area contributed by atoms with Crippen LogP contribution in [0.5, 0.6) is 5.75 Å². The molecule has 358 valence electrons. The molecular formula is C46H73N7O10S. The number of hydrazine groups is 1. The Bertz CT molecular complexity index is 1790.